The molecule has 0 fully saturated rings. The Labute approximate surface area is 103 Å². The minimum Gasteiger partial charge on any atom is -0.468 e. The molecule has 102 valence electrons. The first-order valence-electron chi connectivity index (χ1n) is 5.91. The van der Waals surface area contributed by atoms with Crippen LogP contribution in [-0.2, 0) is 9.53 Å². The van der Waals surface area contributed by atoms with Crippen molar-refractivity contribution in [1.82, 2.24) is 5.32 Å². The van der Waals surface area contributed by atoms with Gasteiger partial charge in [0.2, 0.25) is 0 Å². The maximum absolute atomic E-state index is 11.5. The van der Waals surface area contributed by atoms with Crippen molar-refractivity contribution in [3.05, 3.63) is 0 Å². The van der Waals surface area contributed by atoms with E-state index < -0.39 is 11.5 Å². The molecule has 0 spiro atoms. The van der Waals surface area contributed by atoms with E-state index in [-0.39, 0.29) is 19.2 Å². The Balaban J connectivity index is 4.39. The van der Waals surface area contributed by atoms with Crippen LogP contribution in [0, 0.1) is 11.3 Å². The molecule has 5 heteroatoms. The fraction of sp³-hybridized carbons (Fsp3) is 0.917. The van der Waals surface area contributed by atoms with Gasteiger partial charge in [0.25, 0.3) is 0 Å². The minimum absolute atomic E-state index is 0.133. The Hall–Kier alpha value is -0.650. The Kier molecular flexibility index (Phi) is 7.34. The summed E-state index contributed by atoms with van der Waals surface area (Å²) in [4.78, 5) is 11.5. The lowest BCUT2D eigenvalue weighted by molar-refractivity contribution is -0.143. The van der Waals surface area contributed by atoms with Gasteiger partial charge in [0.1, 0.15) is 6.04 Å². The van der Waals surface area contributed by atoms with Gasteiger partial charge in [-0.3, -0.25) is 4.79 Å². The number of carbonyl (C=O) groups is 1. The maximum Gasteiger partial charge on any atom is 0.322 e. The summed E-state index contributed by atoms with van der Waals surface area (Å²) in [6.45, 7) is 5.90. The van der Waals surface area contributed by atoms with Crippen molar-refractivity contribution >= 4 is 5.97 Å². The molecule has 0 heterocycles. The molecule has 5 nitrogen and oxygen atoms in total. The highest BCUT2D eigenvalue weighted by atomic mass is 16.5. The third kappa shape index (κ3) is 6.00. The average molecular weight is 247 g/mol. The molecule has 0 radical (unpaired) electrons. The van der Waals surface area contributed by atoms with Gasteiger partial charge in [-0.05, 0) is 12.3 Å². The second-order valence-electron chi connectivity index (χ2n) is 5.21. The van der Waals surface area contributed by atoms with Crippen molar-refractivity contribution < 1.29 is 19.7 Å². The van der Waals surface area contributed by atoms with Crippen LogP contribution in [0.3, 0.4) is 0 Å². The number of aliphatic hydroxyl groups excluding tert-OH is 2. The number of methoxy groups -OCH3 is 1. The quantitative estimate of drug-likeness (QED) is 0.532. The summed E-state index contributed by atoms with van der Waals surface area (Å²) in [7, 11) is 1.36. The Morgan fingerprint density at radius 1 is 1.35 bits per heavy atom. The van der Waals surface area contributed by atoms with E-state index in [4.69, 9.17) is 14.9 Å². The van der Waals surface area contributed by atoms with Gasteiger partial charge in [-0.25, -0.2) is 0 Å². The molecule has 3 N–H and O–H groups in total. The number of hydrogen-bond acceptors (Lipinski definition) is 5. The summed E-state index contributed by atoms with van der Waals surface area (Å²) in [5.41, 5.74) is -0.622. The molecule has 0 rings (SSSR count). The molecule has 1 atom stereocenters. The highest BCUT2D eigenvalue weighted by Crippen LogP contribution is 2.14. The van der Waals surface area contributed by atoms with Crippen molar-refractivity contribution in [3.8, 4) is 0 Å². The molecule has 0 aliphatic rings. The number of nitrogens with one attached hydrogen (secondary N) is 1. The molecule has 0 saturated heterocycles. The molecule has 0 bridgehead atoms. The Bertz CT molecular complexity index is 227. The van der Waals surface area contributed by atoms with Crippen LogP contribution in [0.5, 0.6) is 0 Å². The summed E-state index contributed by atoms with van der Waals surface area (Å²) >= 11 is 0. The minimum atomic E-state index is -0.622. The molecule has 0 saturated carbocycles. The summed E-state index contributed by atoms with van der Waals surface area (Å²) in [5, 5.41) is 21.4. The topological polar surface area (TPSA) is 78.8 Å². The summed E-state index contributed by atoms with van der Waals surface area (Å²) in [6, 6.07) is -0.391. The largest absolute Gasteiger partial charge is 0.468 e. The lowest BCUT2D eigenvalue weighted by Gasteiger charge is -2.28. The first-order valence-corrected chi connectivity index (χ1v) is 5.91. The first-order chi connectivity index (χ1) is 7.88. The third-order valence-corrected chi connectivity index (χ3v) is 2.73. The molecule has 0 aromatic rings. The van der Waals surface area contributed by atoms with Gasteiger partial charge in [0, 0.05) is 12.0 Å². The SMILES string of the molecule is COC(=O)C(CC(C)C)NCC(C)(CO)CO. The molecule has 0 aliphatic heterocycles. The highest BCUT2D eigenvalue weighted by molar-refractivity contribution is 5.75. The van der Waals surface area contributed by atoms with Crippen LogP contribution in [0.4, 0.5) is 0 Å². The number of esters is 1. The van der Waals surface area contributed by atoms with Gasteiger partial charge in [-0.1, -0.05) is 20.8 Å². The van der Waals surface area contributed by atoms with Crippen molar-refractivity contribution in [3.63, 3.8) is 0 Å². The predicted molar refractivity (Wildman–Crippen MR) is 65.5 cm³/mol. The van der Waals surface area contributed by atoms with Crippen molar-refractivity contribution in [1.29, 1.82) is 0 Å². The van der Waals surface area contributed by atoms with Crippen LogP contribution in [0.2, 0.25) is 0 Å². The standard InChI is InChI=1S/C12H25NO4/c1-9(2)5-10(11(16)17-4)13-6-12(3,7-14)8-15/h9-10,13-15H,5-8H2,1-4H3. The smallest absolute Gasteiger partial charge is 0.322 e. The molecular weight excluding hydrogens is 222 g/mol. The molecule has 0 aromatic heterocycles. The molecule has 0 aliphatic carbocycles. The lowest BCUT2D eigenvalue weighted by Crippen LogP contribution is -2.46. The zero-order valence-electron chi connectivity index (χ0n) is 11.2. The molecular formula is C12H25NO4. The van der Waals surface area contributed by atoms with Crippen LogP contribution >= 0.6 is 0 Å². The van der Waals surface area contributed by atoms with Crippen LogP contribution in [0.15, 0.2) is 0 Å². The van der Waals surface area contributed by atoms with E-state index in [1.807, 2.05) is 13.8 Å². The van der Waals surface area contributed by atoms with Crippen molar-refractivity contribution in [2.75, 3.05) is 26.9 Å². The molecule has 17 heavy (non-hydrogen) atoms. The third-order valence-electron chi connectivity index (χ3n) is 2.73. The Morgan fingerprint density at radius 2 is 1.88 bits per heavy atom. The summed E-state index contributed by atoms with van der Waals surface area (Å²) in [6.07, 6.45) is 0.666. The van der Waals surface area contributed by atoms with Crippen LogP contribution < -0.4 is 5.32 Å². The van der Waals surface area contributed by atoms with Gasteiger partial charge in [0.15, 0.2) is 0 Å². The second-order valence-corrected chi connectivity index (χ2v) is 5.21. The van der Waals surface area contributed by atoms with Crippen LogP contribution in [-0.4, -0.2) is 49.1 Å². The zero-order chi connectivity index (χ0) is 13.5. The number of hydrogen-bond donors (Lipinski definition) is 3. The van der Waals surface area contributed by atoms with E-state index in [1.54, 1.807) is 6.92 Å². The van der Waals surface area contributed by atoms with E-state index in [2.05, 4.69) is 5.32 Å². The van der Waals surface area contributed by atoms with E-state index in [9.17, 15) is 4.79 Å². The lowest BCUT2D eigenvalue weighted by atomic mass is 9.92. The predicted octanol–water partition coefficient (Wildman–Crippen LogP) is 0.155. The second kappa shape index (κ2) is 7.63. The van der Waals surface area contributed by atoms with Gasteiger partial charge < -0.3 is 20.3 Å². The average Bonchev–Trinajstić information content (AvgIpc) is 2.32. The van der Waals surface area contributed by atoms with E-state index >= 15 is 0 Å². The normalized spacial score (nSPS) is 13.8. The highest BCUT2D eigenvalue weighted by Gasteiger charge is 2.26. The van der Waals surface area contributed by atoms with Gasteiger partial charge >= 0.3 is 5.97 Å². The van der Waals surface area contributed by atoms with Crippen molar-refractivity contribution in [2.24, 2.45) is 11.3 Å². The number of ether oxygens (including phenoxy) is 1. The van der Waals surface area contributed by atoms with Gasteiger partial charge in [-0.2, -0.15) is 0 Å². The van der Waals surface area contributed by atoms with E-state index in [0.29, 0.717) is 18.9 Å². The summed E-state index contributed by atoms with van der Waals surface area (Å²) < 4.78 is 4.72. The van der Waals surface area contributed by atoms with Crippen LogP contribution in [0.25, 0.3) is 0 Å². The maximum atomic E-state index is 11.5. The van der Waals surface area contributed by atoms with Gasteiger partial charge in [-0.15, -0.1) is 0 Å². The van der Waals surface area contributed by atoms with Crippen LogP contribution in [0.1, 0.15) is 27.2 Å². The monoisotopic (exact) mass is 247 g/mol. The molecule has 0 amide bonds. The zero-order valence-corrected chi connectivity index (χ0v) is 11.2. The first kappa shape index (κ1) is 16.4. The number of aliphatic hydroxyl groups is 2. The van der Waals surface area contributed by atoms with Gasteiger partial charge in [0.05, 0.1) is 20.3 Å². The number of carbonyl (C=O) groups excluding carboxylic acids is 1. The Morgan fingerprint density at radius 3 is 2.24 bits per heavy atom. The van der Waals surface area contributed by atoms with Crippen molar-refractivity contribution in [2.45, 2.75) is 33.2 Å². The molecule has 0 aromatic carbocycles. The van der Waals surface area contributed by atoms with E-state index in [0.717, 1.165) is 0 Å². The van der Waals surface area contributed by atoms with E-state index in [1.165, 1.54) is 7.11 Å². The summed E-state index contributed by atoms with van der Waals surface area (Å²) in [5.74, 6) is 0.0537. The fourth-order valence-electron chi connectivity index (χ4n) is 1.41. The molecule has 1 unspecified atom stereocenters. The number of rotatable bonds is 8. The fourth-order valence-corrected chi connectivity index (χ4v) is 1.41.